The minimum atomic E-state index is -0.830. The molecule has 0 aromatic carbocycles. The predicted octanol–water partition coefficient (Wildman–Crippen LogP) is 0.814. The third-order valence-corrected chi connectivity index (χ3v) is 2.35. The van der Waals surface area contributed by atoms with Crippen LogP contribution in [0.1, 0.15) is 33.6 Å². The number of carbonyl (C=O) groups is 1. The van der Waals surface area contributed by atoms with Gasteiger partial charge in [-0.2, -0.15) is 0 Å². The zero-order valence-corrected chi connectivity index (χ0v) is 9.34. The van der Waals surface area contributed by atoms with Crippen LogP contribution in [-0.4, -0.2) is 29.7 Å². The van der Waals surface area contributed by atoms with Crippen molar-refractivity contribution in [2.24, 2.45) is 11.7 Å². The van der Waals surface area contributed by atoms with E-state index in [4.69, 9.17) is 10.8 Å². The summed E-state index contributed by atoms with van der Waals surface area (Å²) in [6.07, 6.45) is 1.54. The summed E-state index contributed by atoms with van der Waals surface area (Å²) in [5, 5.41) is 12.0. The maximum atomic E-state index is 11.0. The molecule has 1 unspecified atom stereocenters. The average Bonchev–Trinajstić information content (AvgIpc) is 2.11. The van der Waals surface area contributed by atoms with Crippen molar-refractivity contribution >= 4 is 5.97 Å². The topological polar surface area (TPSA) is 75.3 Å². The molecule has 0 radical (unpaired) electrons. The van der Waals surface area contributed by atoms with Gasteiger partial charge in [-0.05, 0) is 25.7 Å². The van der Waals surface area contributed by atoms with Crippen molar-refractivity contribution in [3.8, 4) is 0 Å². The van der Waals surface area contributed by atoms with Gasteiger partial charge in [0.15, 0.2) is 0 Å². The molecule has 84 valence electrons. The summed E-state index contributed by atoms with van der Waals surface area (Å²) in [6.45, 7) is 6.90. The van der Waals surface area contributed by atoms with Crippen LogP contribution in [0.2, 0.25) is 0 Å². The van der Waals surface area contributed by atoms with Crippen molar-refractivity contribution in [3.05, 3.63) is 0 Å². The lowest BCUT2D eigenvalue weighted by Crippen LogP contribution is -2.51. The summed E-state index contributed by atoms with van der Waals surface area (Å²) in [7, 11) is 0. The van der Waals surface area contributed by atoms with Crippen LogP contribution in [0.5, 0.6) is 0 Å². The summed E-state index contributed by atoms with van der Waals surface area (Å²) < 4.78 is 0. The zero-order chi connectivity index (χ0) is 11.2. The highest BCUT2D eigenvalue weighted by Gasteiger charge is 2.31. The fourth-order valence-corrected chi connectivity index (χ4v) is 1.20. The van der Waals surface area contributed by atoms with Crippen molar-refractivity contribution in [3.63, 3.8) is 0 Å². The monoisotopic (exact) mass is 202 g/mol. The van der Waals surface area contributed by atoms with Gasteiger partial charge in [0, 0.05) is 13.1 Å². The zero-order valence-electron chi connectivity index (χ0n) is 9.34. The SMILES string of the molecule is CC(C)CCC(C)(NCCN)C(=O)O. The van der Waals surface area contributed by atoms with Crippen LogP contribution >= 0.6 is 0 Å². The molecule has 0 aromatic rings. The molecular formula is C10H22N2O2. The maximum absolute atomic E-state index is 11.0. The summed E-state index contributed by atoms with van der Waals surface area (Å²) in [5.41, 5.74) is 4.51. The largest absolute Gasteiger partial charge is 0.480 e. The Morgan fingerprint density at radius 2 is 2.14 bits per heavy atom. The molecule has 0 aliphatic rings. The maximum Gasteiger partial charge on any atom is 0.323 e. The van der Waals surface area contributed by atoms with Crippen molar-refractivity contribution in [1.29, 1.82) is 0 Å². The Morgan fingerprint density at radius 3 is 2.50 bits per heavy atom. The minimum Gasteiger partial charge on any atom is -0.480 e. The first kappa shape index (κ1) is 13.4. The van der Waals surface area contributed by atoms with Gasteiger partial charge in [-0.1, -0.05) is 13.8 Å². The standard InChI is InChI=1S/C10H22N2O2/c1-8(2)4-5-10(3,9(13)14)12-7-6-11/h8,12H,4-7,11H2,1-3H3,(H,13,14). The van der Waals surface area contributed by atoms with Crippen molar-refractivity contribution in [1.82, 2.24) is 5.32 Å². The first-order valence-corrected chi connectivity index (χ1v) is 5.11. The second kappa shape index (κ2) is 5.98. The third kappa shape index (κ3) is 4.58. The van der Waals surface area contributed by atoms with Gasteiger partial charge < -0.3 is 16.2 Å². The van der Waals surface area contributed by atoms with Gasteiger partial charge in [0.05, 0.1) is 0 Å². The molecular weight excluding hydrogens is 180 g/mol. The number of hydrogen-bond donors (Lipinski definition) is 3. The van der Waals surface area contributed by atoms with Crippen molar-refractivity contribution in [2.75, 3.05) is 13.1 Å². The Labute approximate surface area is 85.9 Å². The summed E-state index contributed by atoms with van der Waals surface area (Å²) in [4.78, 5) is 11.0. The first-order valence-electron chi connectivity index (χ1n) is 5.11. The fraction of sp³-hybridized carbons (Fsp3) is 0.900. The molecule has 0 bridgehead atoms. The number of rotatable bonds is 7. The van der Waals surface area contributed by atoms with E-state index in [-0.39, 0.29) is 0 Å². The molecule has 0 heterocycles. The summed E-state index contributed by atoms with van der Waals surface area (Å²) in [6, 6.07) is 0. The van der Waals surface area contributed by atoms with Crippen LogP contribution in [0.15, 0.2) is 0 Å². The Hall–Kier alpha value is -0.610. The van der Waals surface area contributed by atoms with Gasteiger partial charge in [-0.3, -0.25) is 4.79 Å². The smallest absolute Gasteiger partial charge is 0.323 e. The molecule has 4 heteroatoms. The van der Waals surface area contributed by atoms with E-state index >= 15 is 0 Å². The van der Waals surface area contributed by atoms with Gasteiger partial charge in [0.2, 0.25) is 0 Å². The van der Waals surface area contributed by atoms with E-state index < -0.39 is 11.5 Å². The van der Waals surface area contributed by atoms with E-state index in [0.29, 0.717) is 25.4 Å². The highest BCUT2D eigenvalue weighted by Crippen LogP contribution is 2.16. The minimum absolute atomic E-state index is 0.463. The average molecular weight is 202 g/mol. The molecule has 0 saturated carbocycles. The Balaban J connectivity index is 4.17. The van der Waals surface area contributed by atoms with Gasteiger partial charge in [-0.15, -0.1) is 0 Å². The normalized spacial score (nSPS) is 15.5. The van der Waals surface area contributed by atoms with E-state index in [9.17, 15) is 4.79 Å². The van der Waals surface area contributed by atoms with Crippen LogP contribution in [0.25, 0.3) is 0 Å². The fourth-order valence-electron chi connectivity index (χ4n) is 1.20. The highest BCUT2D eigenvalue weighted by molar-refractivity contribution is 5.78. The number of carboxylic acid groups (broad SMARTS) is 1. The van der Waals surface area contributed by atoms with Gasteiger partial charge >= 0.3 is 5.97 Å². The van der Waals surface area contributed by atoms with Gasteiger partial charge in [0.1, 0.15) is 5.54 Å². The first-order chi connectivity index (χ1) is 6.42. The number of hydrogen-bond acceptors (Lipinski definition) is 3. The molecule has 0 amide bonds. The van der Waals surface area contributed by atoms with Crippen LogP contribution in [0.3, 0.4) is 0 Å². The molecule has 0 saturated heterocycles. The van der Waals surface area contributed by atoms with Gasteiger partial charge in [-0.25, -0.2) is 0 Å². The lowest BCUT2D eigenvalue weighted by atomic mass is 9.92. The quantitative estimate of drug-likeness (QED) is 0.571. The molecule has 0 fully saturated rings. The Morgan fingerprint density at radius 1 is 1.57 bits per heavy atom. The Kier molecular flexibility index (Phi) is 5.72. The number of aliphatic carboxylic acids is 1. The molecule has 0 aliphatic heterocycles. The molecule has 0 aliphatic carbocycles. The summed E-state index contributed by atoms with van der Waals surface area (Å²) in [5.74, 6) is -0.278. The molecule has 0 spiro atoms. The second-order valence-electron chi connectivity index (χ2n) is 4.29. The number of nitrogens with one attached hydrogen (secondary N) is 1. The number of nitrogens with two attached hydrogens (primary N) is 1. The van der Waals surface area contributed by atoms with Crippen LogP contribution < -0.4 is 11.1 Å². The van der Waals surface area contributed by atoms with Gasteiger partial charge in [0.25, 0.3) is 0 Å². The lowest BCUT2D eigenvalue weighted by molar-refractivity contribution is -0.144. The van der Waals surface area contributed by atoms with Crippen LogP contribution in [0, 0.1) is 5.92 Å². The van der Waals surface area contributed by atoms with E-state index in [1.165, 1.54) is 0 Å². The third-order valence-electron chi connectivity index (χ3n) is 2.35. The molecule has 1 atom stereocenters. The van der Waals surface area contributed by atoms with Crippen LogP contribution in [-0.2, 0) is 4.79 Å². The molecule has 0 aromatic heterocycles. The van der Waals surface area contributed by atoms with E-state index in [2.05, 4.69) is 19.2 Å². The molecule has 4 N–H and O–H groups in total. The van der Waals surface area contributed by atoms with E-state index in [1.54, 1.807) is 6.92 Å². The van der Waals surface area contributed by atoms with Crippen molar-refractivity contribution < 1.29 is 9.90 Å². The summed E-state index contributed by atoms with van der Waals surface area (Å²) >= 11 is 0. The predicted molar refractivity (Wildman–Crippen MR) is 57.2 cm³/mol. The molecule has 0 rings (SSSR count). The molecule has 14 heavy (non-hydrogen) atoms. The molecule has 4 nitrogen and oxygen atoms in total. The Bertz CT molecular complexity index is 183. The van der Waals surface area contributed by atoms with E-state index in [0.717, 1.165) is 6.42 Å². The highest BCUT2D eigenvalue weighted by atomic mass is 16.4. The second-order valence-corrected chi connectivity index (χ2v) is 4.29. The van der Waals surface area contributed by atoms with E-state index in [1.807, 2.05) is 0 Å². The lowest BCUT2D eigenvalue weighted by Gasteiger charge is -2.26. The number of carboxylic acids is 1. The van der Waals surface area contributed by atoms with Crippen LogP contribution in [0.4, 0.5) is 0 Å². The van der Waals surface area contributed by atoms with Crippen molar-refractivity contribution in [2.45, 2.75) is 39.2 Å².